The molecule has 0 aliphatic carbocycles. The molecule has 0 amide bonds. The zero-order valence-electron chi connectivity index (χ0n) is 7.07. The molecular formula is C7H12O5. The van der Waals surface area contributed by atoms with Crippen molar-refractivity contribution >= 4 is 11.9 Å². The van der Waals surface area contributed by atoms with Gasteiger partial charge in [0.2, 0.25) is 0 Å². The van der Waals surface area contributed by atoms with Crippen molar-refractivity contribution in [1.29, 1.82) is 0 Å². The molecule has 0 saturated heterocycles. The predicted molar refractivity (Wildman–Crippen MR) is 39.3 cm³/mol. The quantitative estimate of drug-likeness (QED) is 0.583. The molecule has 0 aliphatic rings. The summed E-state index contributed by atoms with van der Waals surface area (Å²) in [5, 5.41) is 9.02. The lowest BCUT2D eigenvalue weighted by Gasteiger charge is -2.08. The molecule has 0 fully saturated rings. The number of hydrogen-bond acceptors (Lipinski definition) is 5. The molecule has 0 aromatic rings. The van der Waals surface area contributed by atoms with Gasteiger partial charge in [-0.3, -0.25) is 9.59 Å². The predicted octanol–water partition coefficient (Wildman–Crippen LogP) is -0.527. The van der Waals surface area contributed by atoms with Crippen molar-refractivity contribution in [3.63, 3.8) is 0 Å². The average Bonchev–Trinajstić information content (AvgIpc) is 2.00. The van der Waals surface area contributed by atoms with Crippen LogP contribution in [0.25, 0.3) is 0 Å². The van der Waals surface area contributed by atoms with E-state index in [0.29, 0.717) is 0 Å². The monoisotopic (exact) mass is 176 g/mol. The van der Waals surface area contributed by atoms with E-state index in [2.05, 4.69) is 9.47 Å². The Labute approximate surface area is 70.3 Å². The van der Waals surface area contributed by atoms with E-state index in [-0.39, 0.29) is 13.0 Å². The van der Waals surface area contributed by atoms with Gasteiger partial charge in [-0.25, -0.2) is 0 Å². The molecule has 0 heterocycles. The number of aliphatic hydroxyl groups excluding tert-OH is 1. The third-order valence-electron chi connectivity index (χ3n) is 1.11. The minimum absolute atomic E-state index is 0.163. The molecule has 12 heavy (non-hydrogen) atoms. The minimum atomic E-state index is -0.985. The second kappa shape index (κ2) is 5.54. The molecule has 0 aromatic carbocycles. The summed E-state index contributed by atoms with van der Waals surface area (Å²) in [6.07, 6.45) is -1.15. The number of aliphatic hydroxyl groups is 1. The van der Waals surface area contributed by atoms with Crippen molar-refractivity contribution in [1.82, 2.24) is 0 Å². The lowest BCUT2D eigenvalue weighted by atomic mass is 10.3. The number of hydrogen-bond donors (Lipinski definition) is 1. The third-order valence-corrected chi connectivity index (χ3v) is 1.11. The first kappa shape index (κ1) is 10.9. The first-order chi connectivity index (χ1) is 5.56. The van der Waals surface area contributed by atoms with E-state index in [9.17, 15) is 9.59 Å². The molecule has 1 unspecified atom stereocenters. The van der Waals surface area contributed by atoms with Gasteiger partial charge in [-0.05, 0) is 0 Å². The van der Waals surface area contributed by atoms with Gasteiger partial charge in [-0.15, -0.1) is 0 Å². The summed E-state index contributed by atoms with van der Waals surface area (Å²) in [6.45, 7) is 1.05. The number of ether oxygens (including phenoxy) is 2. The van der Waals surface area contributed by atoms with Crippen LogP contribution in [0.2, 0.25) is 0 Å². The van der Waals surface area contributed by atoms with Gasteiger partial charge in [0.05, 0.1) is 19.6 Å². The molecule has 0 rings (SSSR count). The Kier molecular flexibility index (Phi) is 5.03. The highest BCUT2D eigenvalue weighted by molar-refractivity contribution is 5.70. The van der Waals surface area contributed by atoms with E-state index in [1.54, 1.807) is 0 Å². The SMILES string of the molecule is COC(=O)CC(O)COC(C)=O. The van der Waals surface area contributed by atoms with Crippen molar-refractivity contribution in [2.75, 3.05) is 13.7 Å². The van der Waals surface area contributed by atoms with Crippen LogP contribution in [0.3, 0.4) is 0 Å². The Morgan fingerprint density at radius 2 is 2.08 bits per heavy atom. The lowest BCUT2D eigenvalue weighted by molar-refractivity contribution is -0.149. The van der Waals surface area contributed by atoms with Gasteiger partial charge in [0.1, 0.15) is 6.61 Å². The number of carbonyl (C=O) groups excluding carboxylic acids is 2. The highest BCUT2D eigenvalue weighted by atomic mass is 16.5. The summed E-state index contributed by atoms with van der Waals surface area (Å²) >= 11 is 0. The molecule has 0 radical (unpaired) electrons. The second-order valence-electron chi connectivity index (χ2n) is 2.24. The number of esters is 2. The Bertz CT molecular complexity index is 165. The molecule has 1 N–H and O–H groups in total. The third kappa shape index (κ3) is 5.67. The van der Waals surface area contributed by atoms with Crippen molar-refractivity contribution in [2.24, 2.45) is 0 Å². The van der Waals surface area contributed by atoms with E-state index in [1.165, 1.54) is 14.0 Å². The lowest BCUT2D eigenvalue weighted by Crippen LogP contribution is -2.21. The number of methoxy groups -OCH3 is 1. The second-order valence-corrected chi connectivity index (χ2v) is 2.24. The highest BCUT2D eigenvalue weighted by Gasteiger charge is 2.11. The van der Waals surface area contributed by atoms with Crippen LogP contribution in [-0.2, 0) is 19.1 Å². The van der Waals surface area contributed by atoms with E-state index in [4.69, 9.17) is 5.11 Å². The molecule has 0 bridgehead atoms. The van der Waals surface area contributed by atoms with Gasteiger partial charge in [-0.2, -0.15) is 0 Å². The standard InChI is InChI=1S/C7H12O5/c1-5(8)12-4-6(9)3-7(10)11-2/h6,9H,3-4H2,1-2H3. The minimum Gasteiger partial charge on any atom is -0.469 e. The summed E-state index contributed by atoms with van der Waals surface area (Å²) in [5.74, 6) is -1.02. The Morgan fingerprint density at radius 3 is 2.50 bits per heavy atom. The van der Waals surface area contributed by atoms with Crippen molar-refractivity contribution in [3.05, 3.63) is 0 Å². The number of carbonyl (C=O) groups is 2. The summed E-state index contributed by atoms with van der Waals surface area (Å²) in [6, 6.07) is 0. The summed E-state index contributed by atoms with van der Waals surface area (Å²) < 4.78 is 8.74. The van der Waals surface area contributed by atoms with Gasteiger partial charge in [0.15, 0.2) is 0 Å². The van der Waals surface area contributed by atoms with E-state index < -0.39 is 18.0 Å². The molecule has 0 saturated carbocycles. The summed E-state index contributed by atoms with van der Waals surface area (Å²) in [7, 11) is 1.22. The van der Waals surface area contributed by atoms with Crippen molar-refractivity contribution < 1.29 is 24.2 Å². The van der Waals surface area contributed by atoms with Gasteiger partial charge in [0, 0.05) is 6.92 Å². The molecular weight excluding hydrogens is 164 g/mol. The smallest absolute Gasteiger partial charge is 0.308 e. The molecule has 0 spiro atoms. The Hall–Kier alpha value is -1.10. The fraction of sp³-hybridized carbons (Fsp3) is 0.714. The maximum Gasteiger partial charge on any atom is 0.308 e. The fourth-order valence-electron chi connectivity index (χ4n) is 0.548. The summed E-state index contributed by atoms with van der Waals surface area (Å²) in [4.78, 5) is 20.8. The molecule has 1 atom stereocenters. The van der Waals surface area contributed by atoms with E-state index in [0.717, 1.165) is 0 Å². The number of rotatable bonds is 4. The first-order valence-corrected chi connectivity index (χ1v) is 3.44. The van der Waals surface area contributed by atoms with Crippen molar-refractivity contribution in [3.8, 4) is 0 Å². The maximum atomic E-state index is 10.5. The van der Waals surface area contributed by atoms with Crippen LogP contribution in [0.1, 0.15) is 13.3 Å². The van der Waals surface area contributed by atoms with Gasteiger partial charge in [-0.1, -0.05) is 0 Å². The zero-order chi connectivity index (χ0) is 9.56. The van der Waals surface area contributed by atoms with Crippen LogP contribution in [-0.4, -0.2) is 36.9 Å². The molecule has 0 aromatic heterocycles. The van der Waals surface area contributed by atoms with Crippen LogP contribution in [0.5, 0.6) is 0 Å². The van der Waals surface area contributed by atoms with Crippen LogP contribution in [0, 0.1) is 0 Å². The van der Waals surface area contributed by atoms with Crippen LogP contribution in [0.4, 0.5) is 0 Å². The van der Waals surface area contributed by atoms with Crippen molar-refractivity contribution in [2.45, 2.75) is 19.4 Å². The summed E-state index contributed by atoms with van der Waals surface area (Å²) in [5.41, 5.74) is 0. The van der Waals surface area contributed by atoms with Crippen LogP contribution in [0.15, 0.2) is 0 Å². The normalized spacial score (nSPS) is 11.9. The van der Waals surface area contributed by atoms with Gasteiger partial charge >= 0.3 is 11.9 Å². The molecule has 5 nitrogen and oxygen atoms in total. The van der Waals surface area contributed by atoms with Gasteiger partial charge < -0.3 is 14.6 Å². The largest absolute Gasteiger partial charge is 0.469 e. The topological polar surface area (TPSA) is 72.8 Å². The van der Waals surface area contributed by atoms with Gasteiger partial charge in [0.25, 0.3) is 0 Å². The first-order valence-electron chi connectivity index (χ1n) is 3.44. The Balaban J connectivity index is 3.52. The van der Waals surface area contributed by atoms with E-state index in [1.807, 2.05) is 0 Å². The maximum absolute atomic E-state index is 10.5. The highest BCUT2D eigenvalue weighted by Crippen LogP contribution is 1.94. The zero-order valence-corrected chi connectivity index (χ0v) is 7.07. The average molecular weight is 176 g/mol. The fourth-order valence-corrected chi connectivity index (χ4v) is 0.548. The van der Waals surface area contributed by atoms with Crippen LogP contribution >= 0.6 is 0 Å². The molecule has 5 heteroatoms. The van der Waals surface area contributed by atoms with Crippen LogP contribution < -0.4 is 0 Å². The molecule has 0 aliphatic heterocycles. The Morgan fingerprint density at radius 1 is 1.50 bits per heavy atom. The van der Waals surface area contributed by atoms with E-state index >= 15 is 0 Å². The molecule has 70 valence electrons.